The van der Waals surface area contributed by atoms with Crippen molar-refractivity contribution in [2.45, 2.75) is 37.0 Å². The highest BCUT2D eigenvalue weighted by Crippen LogP contribution is 2.37. The summed E-state index contributed by atoms with van der Waals surface area (Å²) in [5.74, 6) is 0.0816. The van der Waals surface area contributed by atoms with Crippen LogP contribution in [-0.4, -0.2) is 71.3 Å². The molecule has 0 radical (unpaired) electrons. The number of rotatable bonds is 3. The molecule has 3 heterocycles. The number of nitrogens with two attached hydrogens (primary N) is 1. The summed E-state index contributed by atoms with van der Waals surface area (Å²) in [4.78, 5) is 20.7. The van der Waals surface area contributed by atoms with E-state index in [9.17, 15) is 13.2 Å². The van der Waals surface area contributed by atoms with Gasteiger partial charge in [0.25, 0.3) is 0 Å². The Hall–Kier alpha value is -0.930. The molecule has 3 aliphatic rings. The zero-order chi connectivity index (χ0) is 16.9. The van der Waals surface area contributed by atoms with Crippen molar-refractivity contribution in [1.29, 1.82) is 0 Å². The van der Waals surface area contributed by atoms with Crippen molar-refractivity contribution in [2.75, 3.05) is 24.6 Å². The van der Waals surface area contributed by atoms with Crippen LogP contribution in [0.5, 0.6) is 0 Å². The van der Waals surface area contributed by atoms with Gasteiger partial charge in [0.05, 0.1) is 23.1 Å². The maximum absolute atomic E-state index is 12.7. The van der Waals surface area contributed by atoms with Crippen molar-refractivity contribution in [2.24, 2.45) is 5.73 Å². The van der Waals surface area contributed by atoms with E-state index in [1.807, 2.05) is 12.1 Å². The molecule has 3 fully saturated rings. The van der Waals surface area contributed by atoms with Crippen LogP contribution in [0.1, 0.15) is 18.4 Å². The maximum atomic E-state index is 12.7. The molecule has 7 nitrogen and oxygen atoms in total. The number of aromatic nitrogens is 1. The summed E-state index contributed by atoms with van der Waals surface area (Å²) in [7, 11) is -3.14. The third kappa shape index (κ3) is 3.99. The highest BCUT2D eigenvalue weighted by molar-refractivity contribution is 7.91. The van der Waals surface area contributed by atoms with Gasteiger partial charge in [-0.05, 0) is 24.5 Å². The van der Waals surface area contributed by atoms with Crippen molar-refractivity contribution in [3.8, 4) is 0 Å². The van der Waals surface area contributed by atoms with Crippen molar-refractivity contribution in [3.05, 3.63) is 30.1 Å². The SMILES string of the molecule is Cl.Cl.NC1(C(=O)N2CCN(Cc3cccnc3)[C@@H]3CS(=O)(=O)C[C@@H]32)CC1. The minimum atomic E-state index is -3.14. The molecule has 4 rings (SSSR count). The van der Waals surface area contributed by atoms with Crippen LogP contribution < -0.4 is 5.73 Å². The molecule has 2 aliphatic heterocycles. The summed E-state index contributed by atoms with van der Waals surface area (Å²) < 4.78 is 24.4. The second-order valence-corrected chi connectivity index (χ2v) is 9.35. The van der Waals surface area contributed by atoms with Crippen LogP contribution in [0, 0.1) is 0 Å². The van der Waals surface area contributed by atoms with Gasteiger partial charge in [0.2, 0.25) is 5.91 Å². The number of carbonyl (C=O) groups excluding carboxylic acids is 1. The van der Waals surface area contributed by atoms with Crippen LogP contribution in [0.3, 0.4) is 0 Å². The average molecular weight is 423 g/mol. The summed E-state index contributed by atoms with van der Waals surface area (Å²) in [5, 5.41) is 0. The number of hydrogen-bond acceptors (Lipinski definition) is 6. The van der Waals surface area contributed by atoms with E-state index in [4.69, 9.17) is 5.73 Å². The van der Waals surface area contributed by atoms with E-state index in [-0.39, 0.29) is 54.3 Å². The lowest BCUT2D eigenvalue weighted by Crippen LogP contribution is -2.63. The lowest BCUT2D eigenvalue weighted by Gasteiger charge is -2.44. The molecule has 2 saturated heterocycles. The molecule has 1 amide bonds. The molecule has 146 valence electrons. The first-order chi connectivity index (χ1) is 11.4. The standard InChI is InChI=1S/C16H22N4O3S.2ClH/c17-16(3-4-16)15(21)20-7-6-19(9-12-2-1-5-18-8-12)13-10-24(22,23)11-14(13)20;;/h1-2,5,8,13-14H,3-4,6-7,9-11,17H2;2*1H/t13-,14+;;/m1../s1. The van der Waals surface area contributed by atoms with E-state index in [1.54, 1.807) is 17.3 Å². The Morgan fingerprint density at radius 2 is 1.92 bits per heavy atom. The van der Waals surface area contributed by atoms with E-state index >= 15 is 0 Å². The highest BCUT2D eigenvalue weighted by atomic mass is 35.5. The van der Waals surface area contributed by atoms with E-state index < -0.39 is 15.4 Å². The molecule has 1 aliphatic carbocycles. The average Bonchev–Trinajstić information content (AvgIpc) is 3.20. The van der Waals surface area contributed by atoms with Crippen LogP contribution in [0.15, 0.2) is 24.5 Å². The Bertz CT molecular complexity index is 758. The Balaban J connectivity index is 0.00000121. The number of piperazine rings is 1. The molecule has 0 unspecified atom stereocenters. The fraction of sp³-hybridized carbons (Fsp3) is 0.625. The third-order valence-corrected chi connectivity index (χ3v) is 7.07. The predicted molar refractivity (Wildman–Crippen MR) is 103 cm³/mol. The van der Waals surface area contributed by atoms with Gasteiger partial charge in [-0.15, -0.1) is 24.8 Å². The third-order valence-electron chi connectivity index (χ3n) is 5.37. The molecule has 1 aromatic heterocycles. The van der Waals surface area contributed by atoms with Crippen LogP contribution in [0.2, 0.25) is 0 Å². The van der Waals surface area contributed by atoms with Crippen molar-refractivity contribution >= 4 is 40.6 Å². The number of nitrogens with zero attached hydrogens (tertiary/aromatic N) is 3. The zero-order valence-electron chi connectivity index (χ0n) is 14.3. The maximum Gasteiger partial charge on any atom is 0.243 e. The monoisotopic (exact) mass is 422 g/mol. The van der Waals surface area contributed by atoms with Crippen molar-refractivity contribution in [3.63, 3.8) is 0 Å². The fourth-order valence-electron chi connectivity index (χ4n) is 3.83. The minimum absolute atomic E-state index is 0. The first-order valence-corrected chi connectivity index (χ1v) is 10.1. The van der Waals surface area contributed by atoms with Gasteiger partial charge in [-0.25, -0.2) is 8.42 Å². The van der Waals surface area contributed by atoms with Crippen LogP contribution in [0.25, 0.3) is 0 Å². The van der Waals surface area contributed by atoms with Crippen LogP contribution in [0.4, 0.5) is 0 Å². The summed E-state index contributed by atoms with van der Waals surface area (Å²) in [6, 6.07) is 3.43. The lowest BCUT2D eigenvalue weighted by molar-refractivity contribution is -0.139. The highest BCUT2D eigenvalue weighted by Gasteiger charge is 2.54. The number of hydrogen-bond donors (Lipinski definition) is 1. The number of carbonyl (C=O) groups is 1. The van der Waals surface area contributed by atoms with Gasteiger partial charge >= 0.3 is 0 Å². The van der Waals surface area contributed by atoms with Gasteiger partial charge in [0.15, 0.2) is 9.84 Å². The zero-order valence-corrected chi connectivity index (χ0v) is 16.7. The largest absolute Gasteiger partial charge is 0.334 e. The lowest BCUT2D eigenvalue weighted by atomic mass is 10.0. The molecule has 0 spiro atoms. The smallest absolute Gasteiger partial charge is 0.243 e. The van der Waals surface area contributed by atoms with E-state index in [0.29, 0.717) is 32.5 Å². The van der Waals surface area contributed by atoms with Crippen LogP contribution in [-0.2, 0) is 21.2 Å². The second-order valence-electron chi connectivity index (χ2n) is 7.20. The van der Waals surface area contributed by atoms with Gasteiger partial charge in [-0.2, -0.15) is 0 Å². The molecule has 10 heteroatoms. The minimum Gasteiger partial charge on any atom is -0.334 e. The second kappa shape index (κ2) is 7.59. The van der Waals surface area contributed by atoms with E-state index in [0.717, 1.165) is 5.56 Å². The van der Waals surface area contributed by atoms with Gasteiger partial charge in [-0.1, -0.05) is 6.07 Å². The number of halogens is 2. The first-order valence-electron chi connectivity index (χ1n) is 8.31. The quantitative estimate of drug-likeness (QED) is 0.748. The predicted octanol–water partition coefficient (Wildman–Crippen LogP) is 0.226. The molecular formula is C16H24Cl2N4O3S. The summed E-state index contributed by atoms with van der Waals surface area (Å²) in [6.45, 7) is 1.85. The number of fused-ring (bicyclic) bond motifs is 1. The molecule has 0 bridgehead atoms. The Morgan fingerprint density at radius 3 is 2.54 bits per heavy atom. The summed E-state index contributed by atoms with van der Waals surface area (Å²) in [5.41, 5.74) is 6.37. The summed E-state index contributed by atoms with van der Waals surface area (Å²) in [6.07, 6.45) is 4.92. The van der Waals surface area contributed by atoms with Gasteiger partial charge in [0.1, 0.15) is 0 Å². The normalized spacial score (nSPS) is 28.4. The van der Waals surface area contributed by atoms with Gasteiger partial charge < -0.3 is 10.6 Å². The molecule has 0 aromatic carbocycles. The number of pyridine rings is 1. The van der Waals surface area contributed by atoms with Gasteiger partial charge in [-0.3, -0.25) is 14.7 Å². The van der Waals surface area contributed by atoms with E-state index in [2.05, 4.69) is 9.88 Å². The molecule has 1 aromatic rings. The molecule has 26 heavy (non-hydrogen) atoms. The van der Waals surface area contributed by atoms with Gasteiger partial charge in [0, 0.05) is 38.1 Å². The Kier molecular flexibility index (Phi) is 6.24. The number of amides is 1. The molecule has 1 saturated carbocycles. The number of sulfone groups is 1. The fourth-order valence-corrected chi connectivity index (χ4v) is 5.85. The molecule has 2 N–H and O–H groups in total. The molecular weight excluding hydrogens is 399 g/mol. The summed E-state index contributed by atoms with van der Waals surface area (Å²) >= 11 is 0. The van der Waals surface area contributed by atoms with Crippen molar-refractivity contribution < 1.29 is 13.2 Å². The molecule has 2 atom stereocenters. The van der Waals surface area contributed by atoms with Crippen molar-refractivity contribution in [1.82, 2.24) is 14.8 Å². The Morgan fingerprint density at radius 1 is 1.23 bits per heavy atom. The Labute approximate surface area is 166 Å². The van der Waals surface area contributed by atoms with Crippen LogP contribution >= 0.6 is 24.8 Å². The first kappa shape index (κ1) is 21.4. The van der Waals surface area contributed by atoms with E-state index in [1.165, 1.54) is 0 Å². The topological polar surface area (TPSA) is 96.6 Å².